The van der Waals surface area contributed by atoms with Gasteiger partial charge in [-0.2, -0.15) is 0 Å². The Morgan fingerprint density at radius 1 is 1.31 bits per heavy atom. The average molecular weight is 184 g/mol. The zero-order valence-electron chi connectivity index (χ0n) is 8.93. The quantitative estimate of drug-likeness (QED) is 0.661. The van der Waals surface area contributed by atoms with Crippen LogP contribution < -0.4 is 0 Å². The van der Waals surface area contributed by atoms with Crippen molar-refractivity contribution in [2.24, 2.45) is 5.92 Å². The summed E-state index contributed by atoms with van der Waals surface area (Å²) in [6.07, 6.45) is 4.69. The monoisotopic (exact) mass is 184 g/mol. The van der Waals surface area contributed by atoms with Crippen molar-refractivity contribution in [1.82, 2.24) is 0 Å². The zero-order valence-corrected chi connectivity index (χ0v) is 8.93. The van der Waals surface area contributed by atoms with Gasteiger partial charge in [-0.25, -0.2) is 0 Å². The van der Waals surface area contributed by atoms with E-state index in [1.54, 1.807) is 6.92 Å². The largest absolute Gasteiger partial charge is 0.300 e. The topological polar surface area (TPSA) is 34.1 Å². The third-order valence-corrected chi connectivity index (χ3v) is 1.86. The molecule has 2 heteroatoms. The van der Waals surface area contributed by atoms with Gasteiger partial charge in [0.2, 0.25) is 0 Å². The number of carbonyl (C=O) groups is 2. The van der Waals surface area contributed by atoms with E-state index >= 15 is 0 Å². The van der Waals surface area contributed by atoms with E-state index in [1.165, 1.54) is 0 Å². The zero-order chi connectivity index (χ0) is 10.3. The van der Waals surface area contributed by atoms with Crippen LogP contribution >= 0.6 is 0 Å². The molecule has 0 radical (unpaired) electrons. The van der Waals surface area contributed by atoms with Crippen molar-refractivity contribution in [3.8, 4) is 0 Å². The molecule has 1 rings (SSSR count). The molecule has 0 aliphatic heterocycles. The average Bonchev–Trinajstić information content (AvgIpc) is 2.37. The molecular formula is C11H20O2. The highest BCUT2D eigenvalue weighted by Gasteiger charge is 2.07. The second-order valence-electron chi connectivity index (χ2n) is 4.05. The van der Waals surface area contributed by atoms with Crippen molar-refractivity contribution in [3.05, 3.63) is 0 Å². The Morgan fingerprint density at radius 3 is 1.85 bits per heavy atom. The minimum absolute atomic E-state index is 0.287. The van der Waals surface area contributed by atoms with Crippen LogP contribution in [-0.2, 0) is 9.59 Å². The van der Waals surface area contributed by atoms with Crippen molar-refractivity contribution in [1.29, 1.82) is 0 Å². The molecule has 0 bridgehead atoms. The summed E-state index contributed by atoms with van der Waals surface area (Å²) in [5.41, 5.74) is 0. The van der Waals surface area contributed by atoms with Gasteiger partial charge in [0.15, 0.2) is 0 Å². The van der Waals surface area contributed by atoms with E-state index in [-0.39, 0.29) is 5.78 Å². The lowest BCUT2D eigenvalue weighted by atomic mass is 10.1. The van der Waals surface area contributed by atoms with E-state index in [1.807, 2.05) is 13.8 Å². The van der Waals surface area contributed by atoms with E-state index in [4.69, 9.17) is 0 Å². The third-order valence-electron chi connectivity index (χ3n) is 1.86. The minimum atomic E-state index is 0.287. The van der Waals surface area contributed by atoms with Gasteiger partial charge in [-0.1, -0.05) is 13.8 Å². The van der Waals surface area contributed by atoms with Crippen molar-refractivity contribution in [3.63, 3.8) is 0 Å². The summed E-state index contributed by atoms with van der Waals surface area (Å²) in [5.74, 6) is 1.27. The lowest BCUT2D eigenvalue weighted by Crippen LogP contribution is -1.95. The SMILES string of the molecule is CC(=O)CC(C)C.O=C1CCCC1. The van der Waals surface area contributed by atoms with Crippen LogP contribution in [0.3, 0.4) is 0 Å². The summed E-state index contributed by atoms with van der Waals surface area (Å²) in [4.78, 5) is 20.5. The van der Waals surface area contributed by atoms with Crippen molar-refractivity contribution < 1.29 is 9.59 Å². The van der Waals surface area contributed by atoms with E-state index in [0.717, 1.165) is 32.1 Å². The van der Waals surface area contributed by atoms with Crippen LogP contribution in [0.5, 0.6) is 0 Å². The second-order valence-corrected chi connectivity index (χ2v) is 4.05. The van der Waals surface area contributed by atoms with Gasteiger partial charge in [-0.05, 0) is 25.7 Å². The van der Waals surface area contributed by atoms with Gasteiger partial charge < -0.3 is 4.79 Å². The molecule has 13 heavy (non-hydrogen) atoms. The maximum Gasteiger partial charge on any atom is 0.132 e. The Balaban J connectivity index is 0.000000223. The number of hydrogen-bond acceptors (Lipinski definition) is 2. The number of carbonyl (C=O) groups excluding carboxylic acids is 2. The Hall–Kier alpha value is -0.660. The Kier molecular flexibility index (Phi) is 6.47. The second kappa shape index (κ2) is 6.81. The smallest absolute Gasteiger partial charge is 0.132 e. The normalized spacial score (nSPS) is 15.5. The summed E-state index contributed by atoms with van der Waals surface area (Å²) >= 11 is 0. The summed E-state index contributed by atoms with van der Waals surface area (Å²) < 4.78 is 0. The van der Waals surface area contributed by atoms with Gasteiger partial charge in [0, 0.05) is 19.3 Å². The molecule has 0 heterocycles. The van der Waals surface area contributed by atoms with Crippen LogP contribution in [-0.4, -0.2) is 11.6 Å². The Morgan fingerprint density at radius 2 is 1.77 bits per heavy atom. The van der Waals surface area contributed by atoms with E-state index in [0.29, 0.717) is 11.7 Å². The first-order valence-electron chi connectivity index (χ1n) is 5.03. The van der Waals surface area contributed by atoms with Gasteiger partial charge in [-0.15, -0.1) is 0 Å². The molecule has 0 amide bonds. The molecule has 0 aromatic carbocycles. The molecule has 0 aromatic rings. The van der Waals surface area contributed by atoms with Gasteiger partial charge in [0.25, 0.3) is 0 Å². The van der Waals surface area contributed by atoms with Gasteiger partial charge >= 0.3 is 0 Å². The Labute approximate surface area is 80.7 Å². The molecule has 2 nitrogen and oxygen atoms in total. The van der Waals surface area contributed by atoms with Crippen LogP contribution in [0.15, 0.2) is 0 Å². The van der Waals surface area contributed by atoms with Gasteiger partial charge in [-0.3, -0.25) is 4.79 Å². The predicted octanol–water partition coefficient (Wildman–Crippen LogP) is 2.75. The lowest BCUT2D eigenvalue weighted by Gasteiger charge is -1.95. The van der Waals surface area contributed by atoms with Crippen LogP contribution in [0, 0.1) is 5.92 Å². The summed E-state index contributed by atoms with van der Waals surface area (Å²) in [6, 6.07) is 0. The van der Waals surface area contributed by atoms with Gasteiger partial charge in [0.05, 0.1) is 0 Å². The summed E-state index contributed by atoms with van der Waals surface area (Å²) in [7, 11) is 0. The van der Waals surface area contributed by atoms with Crippen LogP contribution in [0.4, 0.5) is 0 Å². The van der Waals surface area contributed by atoms with Crippen molar-refractivity contribution in [2.75, 3.05) is 0 Å². The first-order chi connectivity index (χ1) is 6.02. The molecule has 0 saturated heterocycles. The molecular weight excluding hydrogens is 164 g/mol. The fraction of sp³-hybridized carbons (Fsp3) is 0.818. The molecule has 0 N–H and O–H groups in total. The molecule has 1 aliphatic rings. The first-order valence-corrected chi connectivity index (χ1v) is 5.03. The van der Waals surface area contributed by atoms with Gasteiger partial charge in [0.1, 0.15) is 11.6 Å². The van der Waals surface area contributed by atoms with Crippen molar-refractivity contribution >= 4 is 11.6 Å². The molecule has 0 atom stereocenters. The van der Waals surface area contributed by atoms with Crippen LogP contribution in [0.2, 0.25) is 0 Å². The summed E-state index contributed by atoms with van der Waals surface area (Å²) in [5, 5.41) is 0. The minimum Gasteiger partial charge on any atom is -0.300 e. The molecule has 0 spiro atoms. The van der Waals surface area contributed by atoms with Crippen LogP contribution in [0.1, 0.15) is 52.9 Å². The fourth-order valence-corrected chi connectivity index (χ4v) is 1.34. The highest BCUT2D eigenvalue weighted by molar-refractivity contribution is 5.80. The molecule has 76 valence electrons. The number of ketones is 2. The van der Waals surface area contributed by atoms with Crippen LogP contribution in [0.25, 0.3) is 0 Å². The molecule has 1 fully saturated rings. The lowest BCUT2D eigenvalue weighted by molar-refractivity contribution is -0.118. The maximum absolute atomic E-state index is 10.3. The molecule has 1 aliphatic carbocycles. The molecule has 0 unspecified atom stereocenters. The van der Waals surface area contributed by atoms with Crippen molar-refractivity contribution in [2.45, 2.75) is 52.9 Å². The highest BCUT2D eigenvalue weighted by Crippen LogP contribution is 2.11. The standard InChI is InChI=1S/C6H12O.C5H8O/c1-5(2)4-6(3)7;6-5-3-1-2-4-5/h5H,4H2,1-3H3;1-4H2. The number of hydrogen-bond donors (Lipinski definition) is 0. The van der Waals surface area contributed by atoms with E-state index in [9.17, 15) is 9.59 Å². The van der Waals surface area contributed by atoms with E-state index in [2.05, 4.69) is 0 Å². The third kappa shape index (κ3) is 9.25. The Bertz CT molecular complexity index is 163. The molecule has 1 saturated carbocycles. The predicted molar refractivity (Wildman–Crippen MR) is 53.6 cm³/mol. The van der Waals surface area contributed by atoms with E-state index < -0.39 is 0 Å². The highest BCUT2D eigenvalue weighted by atomic mass is 16.1. The molecule has 0 aromatic heterocycles. The summed E-state index contributed by atoms with van der Waals surface area (Å²) in [6.45, 7) is 5.71. The first kappa shape index (κ1) is 12.3. The maximum atomic E-state index is 10.3. The fourth-order valence-electron chi connectivity index (χ4n) is 1.34. The number of rotatable bonds is 2. The number of Topliss-reactive ketones (excluding diaryl/α,β-unsaturated/α-hetero) is 2.